The molecule has 0 saturated carbocycles. The van der Waals surface area contributed by atoms with Crippen molar-refractivity contribution in [2.24, 2.45) is 0 Å². The molecule has 0 rings (SSSR count). The summed E-state index contributed by atoms with van der Waals surface area (Å²) in [6.07, 6.45) is 15.9. The molecule has 0 bridgehead atoms. The third kappa shape index (κ3) is 11.1. The predicted molar refractivity (Wildman–Crippen MR) is 57.7 cm³/mol. The molecule has 0 aliphatic rings. The van der Waals surface area contributed by atoms with Crippen LogP contribution in [0.15, 0.2) is 24.3 Å². The summed E-state index contributed by atoms with van der Waals surface area (Å²) in [6, 6.07) is 0. The molecule has 0 fully saturated rings. The van der Waals surface area contributed by atoms with Crippen molar-refractivity contribution >= 4 is 6.29 Å². The summed E-state index contributed by atoms with van der Waals surface area (Å²) in [6.45, 7) is 2.23. The molecule has 0 amide bonds. The third-order valence-corrected chi connectivity index (χ3v) is 1.91. The molecule has 0 aromatic rings. The van der Waals surface area contributed by atoms with E-state index in [-0.39, 0.29) is 0 Å². The van der Waals surface area contributed by atoms with Crippen LogP contribution >= 0.6 is 0 Å². The van der Waals surface area contributed by atoms with E-state index in [0.29, 0.717) is 0 Å². The van der Waals surface area contributed by atoms with Crippen molar-refractivity contribution in [2.75, 3.05) is 0 Å². The van der Waals surface area contributed by atoms with Gasteiger partial charge in [-0.05, 0) is 18.9 Å². The predicted octanol–water partition coefficient (Wildman–Crippen LogP) is 3.66. The molecule has 0 aliphatic carbocycles. The van der Waals surface area contributed by atoms with E-state index in [0.717, 1.165) is 12.7 Å². The number of hydrogen-bond acceptors (Lipinski definition) is 1. The van der Waals surface area contributed by atoms with Gasteiger partial charge < -0.3 is 0 Å². The summed E-state index contributed by atoms with van der Waals surface area (Å²) in [7, 11) is 0. The second-order valence-corrected chi connectivity index (χ2v) is 3.15. The van der Waals surface area contributed by atoms with Crippen molar-refractivity contribution in [3.63, 3.8) is 0 Å². The molecular formula is C12H20O. The summed E-state index contributed by atoms with van der Waals surface area (Å²) in [5.41, 5.74) is 0. The van der Waals surface area contributed by atoms with E-state index in [4.69, 9.17) is 0 Å². The van der Waals surface area contributed by atoms with Crippen LogP contribution in [-0.2, 0) is 4.79 Å². The van der Waals surface area contributed by atoms with Crippen molar-refractivity contribution in [1.29, 1.82) is 0 Å². The first-order valence-electron chi connectivity index (χ1n) is 5.18. The van der Waals surface area contributed by atoms with E-state index in [1.54, 1.807) is 6.08 Å². The van der Waals surface area contributed by atoms with Crippen LogP contribution in [0.3, 0.4) is 0 Å². The Balaban J connectivity index is 3.10. The molecule has 0 aliphatic heterocycles. The fraction of sp³-hybridized carbons (Fsp3) is 0.583. The number of aldehydes is 1. The van der Waals surface area contributed by atoms with Gasteiger partial charge in [0.2, 0.25) is 0 Å². The van der Waals surface area contributed by atoms with Gasteiger partial charge in [-0.1, -0.05) is 50.8 Å². The molecular weight excluding hydrogens is 160 g/mol. The van der Waals surface area contributed by atoms with Gasteiger partial charge in [-0.2, -0.15) is 0 Å². The number of rotatable bonds is 8. The number of carbonyl (C=O) groups is 1. The lowest BCUT2D eigenvalue weighted by Gasteiger charge is -1.95. The van der Waals surface area contributed by atoms with Crippen molar-refractivity contribution in [1.82, 2.24) is 0 Å². The molecule has 1 heteroatoms. The standard InChI is InChI=1S/C12H20O/c1-2-3-4-5-6-7-8-9-10-11-12-13/h8-12H,2-7H2,1H3/b9-8+,11-10-. The van der Waals surface area contributed by atoms with Gasteiger partial charge >= 0.3 is 0 Å². The molecule has 1 nitrogen and oxygen atoms in total. The van der Waals surface area contributed by atoms with Crippen LogP contribution in [0.1, 0.15) is 45.4 Å². The molecule has 0 radical (unpaired) electrons. The average Bonchev–Trinajstić information content (AvgIpc) is 2.16. The van der Waals surface area contributed by atoms with Gasteiger partial charge in [0.1, 0.15) is 6.29 Å². The lowest BCUT2D eigenvalue weighted by Crippen LogP contribution is -1.75. The first-order valence-corrected chi connectivity index (χ1v) is 5.18. The molecule has 13 heavy (non-hydrogen) atoms. The molecule has 0 unspecified atom stereocenters. The first-order chi connectivity index (χ1) is 6.41. The first kappa shape index (κ1) is 12.2. The van der Waals surface area contributed by atoms with E-state index >= 15 is 0 Å². The lowest BCUT2D eigenvalue weighted by molar-refractivity contribution is -0.104. The minimum absolute atomic E-state index is 0.797. The van der Waals surface area contributed by atoms with Crippen LogP contribution < -0.4 is 0 Å². The maximum Gasteiger partial charge on any atom is 0.142 e. The molecule has 0 saturated heterocycles. The Morgan fingerprint density at radius 1 is 0.923 bits per heavy atom. The molecule has 0 N–H and O–H groups in total. The highest BCUT2D eigenvalue weighted by molar-refractivity contribution is 5.65. The highest BCUT2D eigenvalue weighted by Crippen LogP contribution is 2.05. The third-order valence-electron chi connectivity index (χ3n) is 1.91. The Bertz CT molecular complexity index is 157. The van der Waals surface area contributed by atoms with Gasteiger partial charge in [0.05, 0.1) is 0 Å². The van der Waals surface area contributed by atoms with E-state index in [2.05, 4.69) is 13.0 Å². The molecule has 0 aromatic heterocycles. The minimum atomic E-state index is 0.797. The number of allylic oxidation sites excluding steroid dienone is 4. The smallest absolute Gasteiger partial charge is 0.142 e. The second kappa shape index (κ2) is 11.2. The molecule has 0 aromatic carbocycles. The monoisotopic (exact) mass is 180 g/mol. The SMILES string of the molecule is CCCCCCC/C=C/C=C\C=O. The fourth-order valence-corrected chi connectivity index (χ4v) is 1.15. The van der Waals surface area contributed by atoms with Crippen molar-refractivity contribution in [2.45, 2.75) is 45.4 Å². The van der Waals surface area contributed by atoms with Crippen molar-refractivity contribution < 1.29 is 4.79 Å². The summed E-state index contributed by atoms with van der Waals surface area (Å²) >= 11 is 0. The van der Waals surface area contributed by atoms with Gasteiger partial charge in [-0.15, -0.1) is 0 Å². The van der Waals surface area contributed by atoms with Crippen molar-refractivity contribution in [3.05, 3.63) is 24.3 Å². The normalized spacial score (nSPS) is 11.5. The average molecular weight is 180 g/mol. The zero-order chi connectivity index (χ0) is 9.78. The maximum atomic E-state index is 9.89. The minimum Gasteiger partial charge on any atom is -0.299 e. The van der Waals surface area contributed by atoms with Gasteiger partial charge in [-0.25, -0.2) is 0 Å². The van der Waals surface area contributed by atoms with Crippen LogP contribution in [0.4, 0.5) is 0 Å². The molecule has 74 valence electrons. The van der Waals surface area contributed by atoms with E-state index in [1.165, 1.54) is 38.2 Å². The van der Waals surface area contributed by atoms with Gasteiger partial charge in [0.25, 0.3) is 0 Å². The highest BCUT2D eigenvalue weighted by atomic mass is 16.1. The second-order valence-electron chi connectivity index (χ2n) is 3.15. The largest absolute Gasteiger partial charge is 0.299 e. The summed E-state index contributed by atoms with van der Waals surface area (Å²) < 4.78 is 0. The van der Waals surface area contributed by atoms with Gasteiger partial charge in [-0.3, -0.25) is 4.79 Å². The summed E-state index contributed by atoms with van der Waals surface area (Å²) in [4.78, 5) is 9.89. The summed E-state index contributed by atoms with van der Waals surface area (Å²) in [5, 5.41) is 0. The lowest BCUT2D eigenvalue weighted by atomic mass is 10.1. The van der Waals surface area contributed by atoms with E-state index in [1.807, 2.05) is 6.08 Å². The number of unbranched alkanes of at least 4 members (excludes halogenated alkanes) is 5. The highest BCUT2D eigenvalue weighted by Gasteiger charge is 1.85. The zero-order valence-electron chi connectivity index (χ0n) is 8.54. The van der Waals surface area contributed by atoms with Crippen LogP contribution in [0.2, 0.25) is 0 Å². The topological polar surface area (TPSA) is 17.1 Å². The Hall–Kier alpha value is -0.850. The van der Waals surface area contributed by atoms with Gasteiger partial charge in [0, 0.05) is 0 Å². The number of carbonyl (C=O) groups excluding carboxylic acids is 1. The van der Waals surface area contributed by atoms with E-state index < -0.39 is 0 Å². The Labute approximate surface area is 81.5 Å². The number of hydrogen-bond donors (Lipinski definition) is 0. The Morgan fingerprint density at radius 2 is 1.69 bits per heavy atom. The Kier molecular flexibility index (Phi) is 10.4. The molecule has 0 atom stereocenters. The zero-order valence-corrected chi connectivity index (χ0v) is 8.54. The summed E-state index contributed by atoms with van der Waals surface area (Å²) in [5.74, 6) is 0. The quantitative estimate of drug-likeness (QED) is 0.241. The molecule has 0 heterocycles. The van der Waals surface area contributed by atoms with Gasteiger partial charge in [0.15, 0.2) is 0 Å². The van der Waals surface area contributed by atoms with Crippen LogP contribution in [0, 0.1) is 0 Å². The molecule has 0 spiro atoms. The van der Waals surface area contributed by atoms with Crippen molar-refractivity contribution in [3.8, 4) is 0 Å². The fourth-order valence-electron chi connectivity index (χ4n) is 1.15. The van der Waals surface area contributed by atoms with Crippen LogP contribution in [-0.4, -0.2) is 6.29 Å². The van der Waals surface area contributed by atoms with Crippen LogP contribution in [0.25, 0.3) is 0 Å². The van der Waals surface area contributed by atoms with Crippen LogP contribution in [0.5, 0.6) is 0 Å². The Morgan fingerprint density at radius 3 is 2.38 bits per heavy atom. The maximum absolute atomic E-state index is 9.89. The van der Waals surface area contributed by atoms with E-state index in [9.17, 15) is 4.79 Å².